The first-order valence-corrected chi connectivity index (χ1v) is 3.04. The van der Waals surface area contributed by atoms with Crippen molar-refractivity contribution in [3.05, 3.63) is 29.8 Å². The lowest BCUT2D eigenvalue weighted by Crippen LogP contribution is -1.93. The Kier molecular flexibility index (Phi) is 2.05. The van der Waals surface area contributed by atoms with Crippen molar-refractivity contribution >= 4 is 12.1 Å². The van der Waals surface area contributed by atoms with E-state index in [1.807, 2.05) is 31.2 Å². The van der Waals surface area contributed by atoms with Crippen molar-refractivity contribution in [2.45, 2.75) is 6.92 Å². The van der Waals surface area contributed by atoms with Crippen LogP contribution in [-0.4, -0.2) is 6.41 Å². The number of amides is 1. The average molecular weight is 134 g/mol. The molecule has 0 bridgehead atoms. The van der Waals surface area contributed by atoms with Crippen molar-refractivity contribution in [2.24, 2.45) is 0 Å². The fourth-order valence-electron chi connectivity index (χ4n) is 0.765. The molecule has 0 saturated carbocycles. The van der Waals surface area contributed by atoms with Crippen LogP contribution in [-0.2, 0) is 4.79 Å². The number of carbonyl (C=O) groups is 1. The average Bonchev–Trinajstić information content (AvgIpc) is 1.94. The van der Waals surface area contributed by atoms with Crippen molar-refractivity contribution in [3.63, 3.8) is 0 Å². The monoisotopic (exact) mass is 134 g/mol. The summed E-state index contributed by atoms with van der Waals surface area (Å²) in [7, 11) is 0. The Morgan fingerprint density at radius 1 is 1.40 bits per heavy atom. The van der Waals surface area contributed by atoms with Gasteiger partial charge in [0.15, 0.2) is 0 Å². The third-order valence-electron chi connectivity index (χ3n) is 1.31. The summed E-state index contributed by atoms with van der Waals surface area (Å²) in [6.45, 7) is 1.92. The smallest absolute Gasteiger partial charge is 0.233 e. The Bertz CT molecular complexity index is 232. The predicted octanol–water partition coefficient (Wildman–Crippen LogP) is 1.39. The summed E-state index contributed by atoms with van der Waals surface area (Å²) in [6, 6.07) is 7.50. The van der Waals surface area contributed by atoms with Gasteiger partial charge in [-0.05, 0) is 18.6 Å². The second kappa shape index (κ2) is 3.01. The molecule has 1 radical (unpaired) electrons. The molecule has 1 rings (SSSR count). The summed E-state index contributed by atoms with van der Waals surface area (Å²) < 4.78 is 0. The Morgan fingerprint density at radius 2 is 2.10 bits per heavy atom. The van der Waals surface area contributed by atoms with Crippen LogP contribution >= 0.6 is 0 Å². The molecule has 2 heteroatoms. The van der Waals surface area contributed by atoms with E-state index in [0.29, 0.717) is 6.41 Å². The van der Waals surface area contributed by atoms with E-state index in [0.717, 1.165) is 11.3 Å². The van der Waals surface area contributed by atoms with Gasteiger partial charge in [0.1, 0.15) is 0 Å². The highest BCUT2D eigenvalue weighted by Gasteiger charge is 1.93. The minimum absolute atomic E-state index is 0.558. The molecule has 0 fully saturated rings. The van der Waals surface area contributed by atoms with Crippen LogP contribution in [0.25, 0.3) is 0 Å². The van der Waals surface area contributed by atoms with Crippen LogP contribution in [0.5, 0.6) is 0 Å². The number of para-hydroxylation sites is 1. The van der Waals surface area contributed by atoms with Gasteiger partial charge in [0, 0.05) is 0 Å². The van der Waals surface area contributed by atoms with Gasteiger partial charge in [0.2, 0.25) is 6.41 Å². The largest absolute Gasteiger partial charge is 0.276 e. The second-order valence-corrected chi connectivity index (χ2v) is 2.02. The maximum atomic E-state index is 9.96. The molecule has 0 aliphatic heterocycles. The molecule has 51 valence electrons. The van der Waals surface area contributed by atoms with Gasteiger partial charge in [-0.25, -0.2) is 5.32 Å². The Labute approximate surface area is 59.9 Å². The highest BCUT2D eigenvalue weighted by Crippen LogP contribution is 2.11. The molecule has 1 aromatic carbocycles. The van der Waals surface area contributed by atoms with Gasteiger partial charge in [0.25, 0.3) is 0 Å². The number of hydrogen-bond acceptors (Lipinski definition) is 1. The van der Waals surface area contributed by atoms with Crippen LogP contribution in [0.2, 0.25) is 0 Å². The van der Waals surface area contributed by atoms with Gasteiger partial charge in [-0.2, -0.15) is 0 Å². The van der Waals surface area contributed by atoms with Crippen LogP contribution in [0.4, 0.5) is 5.69 Å². The Morgan fingerprint density at radius 3 is 2.70 bits per heavy atom. The molecule has 0 saturated heterocycles. The van der Waals surface area contributed by atoms with Gasteiger partial charge in [-0.3, -0.25) is 4.79 Å². The van der Waals surface area contributed by atoms with Crippen LogP contribution in [0.15, 0.2) is 24.3 Å². The molecular weight excluding hydrogens is 126 g/mol. The molecule has 0 aromatic heterocycles. The zero-order valence-corrected chi connectivity index (χ0v) is 5.74. The van der Waals surface area contributed by atoms with E-state index in [1.165, 1.54) is 0 Å². The summed E-state index contributed by atoms with van der Waals surface area (Å²) in [5.41, 5.74) is 1.77. The molecule has 0 aliphatic rings. The molecule has 1 aromatic rings. The first-order chi connectivity index (χ1) is 4.84. The maximum absolute atomic E-state index is 9.96. The molecular formula is C8H8NO. The number of hydrogen-bond donors (Lipinski definition) is 0. The van der Waals surface area contributed by atoms with Crippen LogP contribution in [0, 0.1) is 6.92 Å². The predicted molar refractivity (Wildman–Crippen MR) is 39.0 cm³/mol. The van der Waals surface area contributed by atoms with E-state index in [9.17, 15) is 4.79 Å². The number of rotatable bonds is 2. The second-order valence-electron chi connectivity index (χ2n) is 2.02. The Balaban J connectivity index is 2.91. The lowest BCUT2D eigenvalue weighted by Gasteiger charge is -1.97. The highest BCUT2D eigenvalue weighted by molar-refractivity contribution is 5.60. The summed E-state index contributed by atoms with van der Waals surface area (Å²) >= 11 is 0. The summed E-state index contributed by atoms with van der Waals surface area (Å²) in [5.74, 6) is 0. The lowest BCUT2D eigenvalue weighted by atomic mass is 10.2. The first-order valence-electron chi connectivity index (χ1n) is 3.04. The van der Waals surface area contributed by atoms with E-state index >= 15 is 0 Å². The molecule has 0 atom stereocenters. The third-order valence-corrected chi connectivity index (χ3v) is 1.31. The van der Waals surface area contributed by atoms with Crippen molar-refractivity contribution in [2.75, 3.05) is 0 Å². The standard InChI is InChI=1S/C8H8NO/c1-7-4-2-3-5-8(7)9-6-10/h2-6H,1H3. The van der Waals surface area contributed by atoms with Gasteiger partial charge < -0.3 is 0 Å². The van der Waals surface area contributed by atoms with Gasteiger partial charge in [-0.1, -0.05) is 18.2 Å². The molecule has 0 unspecified atom stereocenters. The zero-order valence-electron chi connectivity index (χ0n) is 5.74. The molecule has 0 heterocycles. The fraction of sp³-hybridized carbons (Fsp3) is 0.125. The zero-order chi connectivity index (χ0) is 7.40. The maximum Gasteiger partial charge on any atom is 0.233 e. The SMILES string of the molecule is Cc1ccccc1[N]C=O. The minimum atomic E-state index is 0.558. The van der Waals surface area contributed by atoms with E-state index < -0.39 is 0 Å². The van der Waals surface area contributed by atoms with E-state index in [4.69, 9.17) is 0 Å². The Hall–Kier alpha value is -1.31. The van der Waals surface area contributed by atoms with Gasteiger partial charge in [-0.15, -0.1) is 0 Å². The number of benzene rings is 1. The number of nitrogens with zero attached hydrogens (tertiary/aromatic N) is 1. The molecule has 2 nitrogen and oxygen atoms in total. The van der Waals surface area contributed by atoms with E-state index in [2.05, 4.69) is 5.32 Å². The fourth-order valence-corrected chi connectivity index (χ4v) is 0.765. The summed E-state index contributed by atoms with van der Waals surface area (Å²) in [5, 5.41) is 3.63. The lowest BCUT2D eigenvalue weighted by molar-refractivity contribution is -0.108. The van der Waals surface area contributed by atoms with Crippen molar-refractivity contribution in [1.82, 2.24) is 5.32 Å². The summed E-state index contributed by atoms with van der Waals surface area (Å²) in [4.78, 5) is 9.96. The van der Waals surface area contributed by atoms with E-state index in [-0.39, 0.29) is 0 Å². The first kappa shape index (κ1) is 6.81. The van der Waals surface area contributed by atoms with Gasteiger partial charge in [0.05, 0.1) is 5.69 Å². The molecule has 10 heavy (non-hydrogen) atoms. The molecule has 1 amide bonds. The van der Waals surface area contributed by atoms with Gasteiger partial charge >= 0.3 is 0 Å². The quantitative estimate of drug-likeness (QED) is 0.562. The normalized spacial score (nSPS) is 8.90. The highest BCUT2D eigenvalue weighted by atomic mass is 16.1. The minimum Gasteiger partial charge on any atom is -0.276 e. The number of carbonyl (C=O) groups excluding carboxylic acids is 1. The molecule has 0 spiro atoms. The van der Waals surface area contributed by atoms with Crippen molar-refractivity contribution in [3.8, 4) is 0 Å². The van der Waals surface area contributed by atoms with Crippen molar-refractivity contribution in [1.29, 1.82) is 0 Å². The third kappa shape index (κ3) is 1.35. The summed E-state index contributed by atoms with van der Waals surface area (Å²) in [6.07, 6.45) is 0.558. The van der Waals surface area contributed by atoms with E-state index in [1.54, 1.807) is 0 Å². The van der Waals surface area contributed by atoms with Crippen molar-refractivity contribution < 1.29 is 4.79 Å². The van der Waals surface area contributed by atoms with Crippen LogP contribution < -0.4 is 5.32 Å². The van der Waals surface area contributed by atoms with Crippen LogP contribution in [0.3, 0.4) is 0 Å². The molecule has 0 N–H and O–H groups in total. The molecule has 0 aliphatic carbocycles. The topological polar surface area (TPSA) is 31.2 Å². The van der Waals surface area contributed by atoms with Crippen LogP contribution in [0.1, 0.15) is 5.56 Å². The number of aryl methyl sites for hydroxylation is 1.